The van der Waals surface area contributed by atoms with E-state index in [1.807, 2.05) is 31.2 Å². The lowest BCUT2D eigenvalue weighted by molar-refractivity contribution is -0.122. The molecule has 0 saturated heterocycles. The zero-order chi connectivity index (χ0) is 13.9. The van der Waals surface area contributed by atoms with Crippen LogP contribution in [0.4, 0.5) is 11.4 Å². The molecule has 6 nitrogen and oxygen atoms in total. The molecule has 20 heavy (non-hydrogen) atoms. The smallest absolute Gasteiger partial charge is 0.267 e. The summed E-state index contributed by atoms with van der Waals surface area (Å²) in [7, 11) is 0. The highest BCUT2D eigenvalue weighted by molar-refractivity contribution is 5.95. The molecule has 0 fully saturated rings. The Morgan fingerprint density at radius 1 is 1.55 bits per heavy atom. The van der Waals surface area contributed by atoms with Crippen LogP contribution in [0, 0.1) is 0 Å². The Balaban J connectivity index is 1.67. The van der Waals surface area contributed by atoms with E-state index in [2.05, 4.69) is 15.7 Å². The Morgan fingerprint density at radius 2 is 2.40 bits per heavy atom. The second-order valence-corrected chi connectivity index (χ2v) is 4.56. The fourth-order valence-corrected chi connectivity index (χ4v) is 2.08. The van der Waals surface area contributed by atoms with Gasteiger partial charge in [-0.05, 0) is 19.1 Å². The summed E-state index contributed by atoms with van der Waals surface area (Å²) in [4.78, 5) is 12.2. The van der Waals surface area contributed by atoms with Gasteiger partial charge in [0.25, 0.3) is 5.91 Å². The first kappa shape index (κ1) is 12.5. The van der Waals surface area contributed by atoms with E-state index in [1.165, 1.54) is 0 Å². The molecule has 1 atom stereocenters. The van der Waals surface area contributed by atoms with Gasteiger partial charge in [-0.25, -0.2) is 0 Å². The molecule has 0 bridgehead atoms. The first-order chi connectivity index (χ1) is 9.76. The van der Waals surface area contributed by atoms with E-state index in [4.69, 9.17) is 4.74 Å². The maximum Gasteiger partial charge on any atom is 0.267 e. The molecule has 1 aliphatic rings. The quantitative estimate of drug-likeness (QED) is 0.892. The number of anilines is 2. The van der Waals surface area contributed by atoms with E-state index in [-0.39, 0.29) is 5.91 Å². The molecular weight excluding hydrogens is 256 g/mol. The third-order valence-electron chi connectivity index (χ3n) is 3.15. The number of nitrogens with one attached hydrogen (secondary N) is 2. The number of aromatic nitrogens is 2. The number of amides is 1. The lowest BCUT2D eigenvalue weighted by Gasteiger charge is -2.26. The van der Waals surface area contributed by atoms with Crippen molar-refractivity contribution in [3.05, 3.63) is 36.7 Å². The van der Waals surface area contributed by atoms with Crippen LogP contribution in [0.1, 0.15) is 6.92 Å². The Bertz CT molecular complexity index is 623. The van der Waals surface area contributed by atoms with Gasteiger partial charge in [-0.15, -0.1) is 0 Å². The van der Waals surface area contributed by atoms with Crippen LogP contribution in [0.3, 0.4) is 0 Å². The van der Waals surface area contributed by atoms with Crippen molar-refractivity contribution in [1.29, 1.82) is 0 Å². The maximum absolute atomic E-state index is 12.2. The van der Waals surface area contributed by atoms with Crippen LogP contribution in [0.2, 0.25) is 0 Å². The number of ether oxygens (including phenoxy) is 1. The maximum atomic E-state index is 12.2. The second-order valence-electron chi connectivity index (χ2n) is 4.56. The molecule has 1 aromatic carbocycles. The van der Waals surface area contributed by atoms with E-state index in [1.54, 1.807) is 17.1 Å². The number of fused-ring (bicyclic) bond motifs is 1. The highest BCUT2D eigenvalue weighted by Crippen LogP contribution is 2.28. The topological polar surface area (TPSA) is 68.2 Å². The van der Waals surface area contributed by atoms with Gasteiger partial charge in [-0.3, -0.25) is 9.48 Å². The monoisotopic (exact) mass is 272 g/mol. The summed E-state index contributed by atoms with van der Waals surface area (Å²) in [5.74, 6) is 0.519. The molecule has 2 heterocycles. The van der Waals surface area contributed by atoms with Crippen molar-refractivity contribution < 1.29 is 9.53 Å². The summed E-state index contributed by atoms with van der Waals surface area (Å²) in [6.45, 7) is 3.21. The van der Waals surface area contributed by atoms with Crippen LogP contribution >= 0.6 is 0 Å². The van der Waals surface area contributed by atoms with Crippen molar-refractivity contribution in [2.24, 2.45) is 0 Å². The van der Waals surface area contributed by atoms with Gasteiger partial charge in [0.2, 0.25) is 0 Å². The third kappa shape index (κ3) is 2.45. The fraction of sp³-hybridized carbons (Fsp3) is 0.286. The van der Waals surface area contributed by atoms with Crippen LogP contribution in [-0.2, 0) is 11.3 Å². The summed E-state index contributed by atoms with van der Waals surface area (Å²) < 4.78 is 7.45. The van der Waals surface area contributed by atoms with Crippen molar-refractivity contribution in [3.8, 4) is 5.75 Å². The average molecular weight is 272 g/mol. The molecule has 1 aromatic heterocycles. The molecule has 0 saturated carbocycles. The van der Waals surface area contributed by atoms with Crippen LogP contribution in [-0.4, -0.2) is 28.3 Å². The minimum Gasteiger partial charge on any atom is -0.477 e. The summed E-state index contributed by atoms with van der Waals surface area (Å²) in [5, 5.41) is 10.1. The number of nitrogens with zero attached hydrogens (tertiary/aromatic N) is 2. The molecule has 0 spiro atoms. The molecule has 0 aliphatic carbocycles. The number of aryl methyl sites for hydroxylation is 1. The first-order valence-electron chi connectivity index (χ1n) is 6.59. The average Bonchev–Trinajstić information content (AvgIpc) is 2.94. The molecule has 6 heteroatoms. The summed E-state index contributed by atoms with van der Waals surface area (Å²) in [6, 6.07) is 7.58. The largest absolute Gasteiger partial charge is 0.477 e. The Kier molecular flexibility index (Phi) is 3.28. The summed E-state index contributed by atoms with van der Waals surface area (Å²) in [5.41, 5.74) is 1.59. The number of carbonyl (C=O) groups excluding carboxylic acids is 1. The first-order valence-corrected chi connectivity index (χ1v) is 6.59. The van der Waals surface area contributed by atoms with Crippen LogP contribution < -0.4 is 15.4 Å². The van der Waals surface area contributed by atoms with Crippen molar-refractivity contribution in [2.75, 3.05) is 17.2 Å². The van der Waals surface area contributed by atoms with Gasteiger partial charge in [-0.2, -0.15) is 5.10 Å². The number of hydrogen-bond donors (Lipinski definition) is 2. The summed E-state index contributed by atoms with van der Waals surface area (Å²) >= 11 is 0. The molecular formula is C14H16N4O2. The van der Waals surface area contributed by atoms with Crippen molar-refractivity contribution in [1.82, 2.24) is 9.78 Å². The van der Waals surface area contributed by atoms with Gasteiger partial charge in [-0.1, -0.05) is 12.1 Å². The number of rotatable bonds is 3. The van der Waals surface area contributed by atoms with Crippen molar-refractivity contribution in [3.63, 3.8) is 0 Å². The Morgan fingerprint density at radius 3 is 3.20 bits per heavy atom. The second kappa shape index (κ2) is 5.24. The normalized spacial score (nSPS) is 16.8. The van der Waals surface area contributed by atoms with Gasteiger partial charge >= 0.3 is 0 Å². The highest BCUT2D eigenvalue weighted by atomic mass is 16.5. The van der Waals surface area contributed by atoms with Crippen LogP contribution in [0.25, 0.3) is 0 Å². The van der Waals surface area contributed by atoms with E-state index < -0.39 is 6.10 Å². The van der Waals surface area contributed by atoms with Crippen LogP contribution in [0.15, 0.2) is 36.7 Å². The fourth-order valence-electron chi connectivity index (χ4n) is 2.08. The number of carbonyl (C=O) groups is 1. The molecule has 0 radical (unpaired) electrons. The lowest BCUT2D eigenvalue weighted by atomic mass is 10.2. The number of benzene rings is 1. The molecule has 2 aromatic rings. The van der Waals surface area contributed by atoms with E-state index in [0.29, 0.717) is 18.0 Å². The summed E-state index contributed by atoms with van der Waals surface area (Å²) in [6.07, 6.45) is 2.88. The van der Waals surface area contributed by atoms with Crippen LogP contribution in [0.5, 0.6) is 5.75 Å². The molecule has 3 rings (SSSR count). The van der Waals surface area contributed by atoms with Crippen molar-refractivity contribution in [2.45, 2.75) is 19.6 Å². The molecule has 1 amide bonds. The third-order valence-corrected chi connectivity index (χ3v) is 3.15. The predicted molar refractivity (Wildman–Crippen MR) is 75.9 cm³/mol. The van der Waals surface area contributed by atoms with E-state index in [0.717, 1.165) is 12.2 Å². The van der Waals surface area contributed by atoms with Gasteiger partial charge in [0, 0.05) is 12.7 Å². The zero-order valence-electron chi connectivity index (χ0n) is 11.2. The minimum atomic E-state index is -0.546. The zero-order valence-corrected chi connectivity index (χ0v) is 11.2. The van der Waals surface area contributed by atoms with Gasteiger partial charge in [0.15, 0.2) is 6.10 Å². The van der Waals surface area contributed by atoms with E-state index in [9.17, 15) is 4.79 Å². The highest BCUT2D eigenvalue weighted by Gasteiger charge is 2.25. The van der Waals surface area contributed by atoms with Crippen molar-refractivity contribution >= 4 is 17.3 Å². The van der Waals surface area contributed by atoms with Gasteiger partial charge < -0.3 is 15.4 Å². The SMILES string of the molecule is CCn1cc(NC(=O)C2CNc3ccccc3O2)cn1. The van der Waals surface area contributed by atoms with Gasteiger partial charge in [0.1, 0.15) is 5.75 Å². The molecule has 1 unspecified atom stereocenters. The lowest BCUT2D eigenvalue weighted by Crippen LogP contribution is -2.41. The molecule has 2 N–H and O–H groups in total. The van der Waals surface area contributed by atoms with E-state index >= 15 is 0 Å². The minimum absolute atomic E-state index is 0.178. The number of hydrogen-bond acceptors (Lipinski definition) is 4. The predicted octanol–water partition coefficient (Wildman–Crippen LogP) is 1.71. The Hall–Kier alpha value is -2.50. The standard InChI is InChI=1S/C14H16N4O2/c1-2-18-9-10(7-16-18)17-14(19)13-8-15-11-5-3-4-6-12(11)20-13/h3-7,9,13,15H,2,8H2,1H3,(H,17,19). The van der Waals surface area contributed by atoms with Gasteiger partial charge in [0.05, 0.1) is 24.1 Å². The molecule has 1 aliphatic heterocycles. The Labute approximate surface area is 116 Å². The number of para-hydroxylation sites is 2. The molecule has 104 valence electrons.